The van der Waals surface area contributed by atoms with Crippen molar-refractivity contribution in [3.63, 3.8) is 0 Å². The molecular formula is C23H28O2. The lowest BCUT2D eigenvalue weighted by Gasteiger charge is -2.36. The van der Waals surface area contributed by atoms with Gasteiger partial charge in [-0.05, 0) is 36.8 Å². The number of rotatable bonds is 0. The van der Waals surface area contributed by atoms with E-state index in [1.165, 1.54) is 49.7 Å². The van der Waals surface area contributed by atoms with Gasteiger partial charge in [0, 0.05) is 41.2 Å². The summed E-state index contributed by atoms with van der Waals surface area (Å²) >= 11 is 0. The normalized spacial score (nSPS) is 30.2. The maximum absolute atomic E-state index is 12.9. The topological polar surface area (TPSA) is 34.1 Å². The highest BCUT2D eigenvalue weighted by Crippen LogP contribution is 2.57. The van der Waals surface area contributed by atoms with E-state index in [-0.39, 0.29) is 10.8 Å². The quantitative estimate of drug-likeness (QED) is 0.594. The fourth-order valence-electron chi connectivity index (χ4n) is 6.59. The van der Waals surface area contributed by atoms with Gasteiger partial charge < -0.3 is 0 Å². The van der Waals surface area contributed by atoms with E-state index in [4.69, 9.17) is 0 Å². The SMILES string of the molecule is O=C1CC2(CCCCC2)C2=C1CC1=C(C=C2)C2(CCCCC2)CC1=O. The van der Waals surface area contributed by atoms with Crippen LogP contribution in [0.2, 0.25) is 0 Å². The standard InChI is InChI=1S/C23H28O2/c24-20-14-22(9-3-1-4-10-22)18-7-8-19-17(13-16(18)20)21(25)15-23(19)11-5-2-6-12-23/h7-8H,1-6,9-15H2. The Bertz CT molecular complexity index is 672. The fourth-order valence-corrected chi connectivity index (χ4v) is 6.59. The number of hydrogen-bond acceptors (Lipinski definition) is 2. The first-order valence-corrected chi connectivity index (χ1v) is 10.4. The molecule has 0 aliphatic heterocycles. The number of hydrogen-bond donors (Lipinski definition) is 0. The summed E-state index contributed by atoms with van der Waals surface area (Å²) in [4.78, 5) is 25.7. The molecule has 2 fully saturated rings. The highest BCUT2D eigenvalue weighted by atomic mass is 16.1. The number of fused-ring (bicyclic) bond motifs is 2. The van der Waals surface area contributed by atoms with Crippen molar-refractivity contribution in [1.82, 2.24) is 0 Å². The van der Waals surface area contributed by atoms with Crippen molar-refractivity contribution < 1.29 is 9.59 Å². The Balaban J connectivity index is 1.57. The molecule has 0 amide bonds. The molecule has 2 nitrogen and oxygen atoms in total. The lowest BCUT2D eigenvalue weighted by atomic mass is 9.68. The van der Waals surface area contributed by atoms with E-state index >= 15 is 0 Å². The van der Waals surface area contributed by atoms with E-state index in [1.807, 2.05) is 0 Å². The van der Waals surface area contributed by atoms with Gasteiger partial charge >= 0.3 is 0 Å². The Kier molecular flexibility index (Phi) is 3.49. The smallest absolute Gasteiger partial charge is 0.160 e. The van der Waals surface area contributed by atoms with Gasteiger partial charge in [-0.25, -0.2) is 0 Å². The number of allylic oxidation sites excluding steroid dienone is 6. The summed E-state index contributed by atoms with van der Waals surface area (Å²) in [5.74, 6) is 0.653. The van der Waals surface area contributed by atoms with Gasteiger partial charge in [-0.15, -0.1) is 0 Å². The van der Waals surface area contributed by atoms with E-state index in [2.05, 4.69) is 12.2 Å². The third-order valence-electron chi connectivity index (χ3n) is 7.86. The van der Waals surface area contributed by atoms with Crippen LogP contribution in [-0.2, 0) is 9.59 Å². The zero-order valence-corrected chi connectivity index (χ0v) is 15.2. The molecule has 2 spiro atoms. The third kappa shape index (κ3) is 2.22. The van der Waals surface area contributed by atoms with Crippen molar-refractivity contribution in [2.24, 2.45) is 10.8 Å². The molecule has 0 unspecified atom stereocenters. The number of carbonyl (C=O) groups is 2. The molecule has 2 heteroatoms. The average molecular weight is 336 g/mol. The molecule has 5 rings (SSSR count). The van der Waals surface area contributed by atoms with E-state index in [0.717, 1.165) is 36.8 Å². The summed E-state index contributed by atoms with van der Waals surface area (Å²) in [7, 11) is 0. The molecule has 5 aliphatic rings. The molecule has 0 atom stereocenters. The maximum Gasteiger partial charge on any atom is 0.160 e. The molecule has 0 aromatic carbocycles. The lowest BCUT2D eigenvalue weighted by Crippen LogP contribution is -2.25. The zero-order valence-electron chi connectivity index (χ0n) is 15.2. The van der Waals surface area contributed by atoms with Crippen molar-refractivity contribution >= 4 is 11.6 Å². The first kappa shape index (κ1) is 15.8. The number of ketones is 2. The number of Topliss-reactive ketones (excluding diaryl/α,β-unsaturated/α-hetero) is 2. The fraction of sp³-hybridized carbons (Fsp3) is 0.652. The molecule has 0 radical (unpaired) electrons. The third-order valence-corrected chi connectivity index (χ3v) is 7.86. The van der Waals surface area contributed by atoms with Crippen LogP contribution in [-0.4, -0.2) is 11.6 Å². The van der Waals surface area contributed by atoms with Crippen molar-refractivity contribution in [2.75, 3.05) is 0 Å². The van der Waals surface area contributed by atoms with Gasteiger partial charge in [0.1, 0.15) is 0 Å². The summed E-state index contributed by atoms with van der Waals surface area (Å²) in [6.45, 7) is 0. The molecule has 0 heterocycles. The van der Waals surface area contributed by atoms with E-state index in [1.54, 1.807) is 0 Å². The van der Waals surface area contributed by atoms with Crippen LogP contribution in [0.3, 0.4) is 0 Å². The van der Waals surface area contributed by atoms with Crippen molar-refractivity contribution in [3.8, 4) is 0 Å². The molecule has 25 heavy (non-hydrogen) atoms. The Hall–Kier alpha value is -1.44. The van der Waals surface area contributed by atoms with Crippen LogP contribution < -0.4 is 0 Å². The van der Waals surface area contributed by atoms with Crippen molar-refractivity contribution in [3.05, 3.63) is 34.4 Å². The summed E-state index contributed by atoms with van der Waals surface area (Å²) in [5, 5.41) is 0. The summed E-state index contributed by atoms with van der Waals surface area (Å²) in [6, 6.07) is 0. The molecular weight excluding hydrogens is 308 g/mol. The highest BCUT2D eigenvalue weighted by molar-refractivity contribution is 6.07. The van der Waals surface area contributed by atoms with E-state index in [9.17, 15) is 9.59 Å². The second-order valence-corrected chi connectivity index (χ2v) is 9.18. The second kappa shape index (κ2) is 5.53. The van der Waals surface area contributed by atoms with Gasteiger partial charge in [-0.2, -0.15) is 0 Å². The minimum Gasteiger partial charge on any atom is -0.294 e. The molecule has 0 aromatic heterocycles. The van der Waals surface area contributed by atoms with Crippen LogP contribution in [0.4, 0.5) is 0 Å². The zero-order chi connectivity index (χ0) is 17.1. The summed E-state index contributed by atoms with van der Waals surface area (Å²) in [5.41, 5.74) is 4.80. The molecule has 5 aliphatic carbocycles. The number of carbonyl (C=O) groups excluding carboxylic acids is 2. The van der Waals surface area contributed by atoms with Gasteiger partial charge in [0.15, 0.2) is 11.6 Å². The Morgan fingerprint density at radius 2 is 1.00 bits per heavy atom. The monoisotopic (exact) mass is 336 g/mol. The van der Waals surface area contributed by atoms with Crippen LogP contribution in [0, 0.1) is 10.8 Å². The second-order valence-electron chi connectivity index (χ2n) is 9.18. The minimum absolute atomic E-state index is 0.101. The van der Waals surface area contributed by atoms with Crippen LogP contribution in [0.15, 0.2) is 34.4 Å². The van der Waals surface area contributed by atoms with E-state index < -0.39 is 0 Å². The molecule has 2 saturated carbocycles. The highest BCUT2D eigenvalue weighted by Gasteiger charge is 2.49. The average Bonchev–Trinajstić information content (AvgIpc) is 2.90. The van der Waals surface area contributed by atoms with Crippen LogP contribution in [0.25, 0.3) is 0 Å². The molecule has 0 saturated heterocycles. The molecule has 132 valence electrons. The van der Waals surface area contributed by atoms with Gasteiger partial charge in [0.2, 0.25) is 0 Å². The molecule has 0 N–H and O–H groups in total. The van der Waals surface area contributed by atoms with Gasteiger partial charge in [-0.3, -0.25) is 9.59 Å². The van der Waals surface area contributed by atoms with E-state index in [0.29, 0.717) is 30.8 Å². The van der Waals surface area contributed by atoms with Gasteiger partial charge in [-0.1, -0.05) is 50.7 Å². The Labute approximate surface area is 150 Å². The predicted molar refractivity (Wildman–Crippen MR) is 98.1 cm³/mol. The maximum atomic E-state index is 12.9. The van der Waals surface area contributed by atoms with Gasteiger partial charge in [0.25, 0.3) is 0 Å². The Morgan fingerprint density at radius 1 is 0.600 bits per heavy atom. The van der Waals surface area contributed by atoms with Crippen LogP contribution in [0.5, 0.6) is 0 Å². The first-order chi connectivity index (χ1) is 12.1. The molecule has 0 bridgehead atoms. The van der Waals surface area contributed by atoms with Gasteiger partial charge in [0.05, 0.1) is 0 Å². The largest absolute Gasteiger partial charge is 0.294 e. The molecule has 0 aromatic rings. The van der Waals surface area contributed by atoms with Crippen molar-refractivity contribution in [1.29, 1.82) is 0 Å². The summed E-state index contributed by atoms with van der Waals surface area (Å²) in [6.07, 6.45) is 18.8. The predicted octanol–water partition coefficient (Wildman–Crippen LogP) is 5.39. The summed E-state index contributed by atoms with van der Waals surface area (Å²) < 4.78 is 0. The van der Waals surface area contributed by atoms with Crippen LogP contribution >= 0.6 is 0 Å². The minimum atomic E-state index is 0.101. The van der Waals surface area contributed by atoms with Crippen molar-refractivity contribution in [2.45, 2.75) is 83.5 Å². The first-order valence-electron chi connectivity index (χ1n) is 10.4. The Morgan fingerprint density at radius 3 is 1.40 bits per heavy atom. The lowest BCUT2D eigenvalue weighted by molar-refractivity contribution is -0.116. The van der Waals surface area contributed by atoms with Crippen LogP contribution in [0.1, 0.15) is 83.5 Å².